The lowest BCUT2D eigenvalue weighted by molar-refractivity contribution is 0.321. The Bertz CT molecular complexity index is 457. The number of nitrogens with two attached hydrogens (primary N) is 1. The van der Waals surface area contributed by atoms with E-state index in [2.05, 4.69) is 4.98 Å². The lowest BCUT2D eigenvalue weighted by atomic mass is 10.2. The zero-order valence-corrected chi connectivity index (χ0v) is 9.67. The van der Waals surface area contributed by atoms with E-state index < -0.39 is 0 Å². The SMILES string of the molecule is NCc1cccc(OCCc2ccncc2)c1. The smallest absolute Gasteiger partial charge is 0.119 e. The number of pyridine rings is 1. The topological polar surface area (TPSA) is 48.1 Å². The Hall–Kier alpha value is -1.87. The first-order valence-electron chi connectivity index (χ1n) is 5.69. The molecule has 0 spiro atoms. The summed E-state index contributed by atoms with van der Waals surface area (Å²) < 4.78 is 5.68. The fourth-order valence-corrected chi connectivity index (χ4v) is 1.60. The Balaban J connectivity index is 1.86. The molecule has 0 fully saturated rings. The van der Waals surface area contributed by atoms with Gasteiger partial charge in [0.1, 0.15) is 5.75 Å². The van der Waals surface area contributed by atoms with Crippen molar-refractivity contribution in [1.82, 2.24) is 4.98 Å². The Morgan fingerprint density at radius 2 is 1.88 bits per heavy atom. The third-order valence-electron chi connectivity index (χ3n) is 2.54. The summed E-state index contributed by atoms with van der Waals surface area (Å²) in [7, 11) is 0. The quantitative estimate of drug-likeness (QED) is 0.853. The van der Waals surface area contributed by atoms with Crippen LogP contribution in [0.4, 0.5) is 0 Å². The molecule has 0 saturated carbocycles. The first-order valence-corrected chi connectivity index (χ1v) is 5.69. The second-order valence-electron chi connectivity index (χ2n) is 3.81. The predicted molar refractivity (Wildman–Crippen MR) is 67.8 cm³/mol. The summed E-state index contributed by atoms with van der Waals surface area (Å²) >= 11 is 0. The largest absolute Gasteiger partial charge is 0.493 e. The lowest BCUT2D eigenvalue weighted by Crippen LogP contribution is -2.02. The van der Waals surface area contributed by atoms with Crippen molar-refractivity contribution in [2.75, 3.05) is 6.61 Å². The second-order valence-corrected chi connectivity index (χ2v) is 3.81. The number of rotatable bonds is 5. The Labute approximate surface area is 101 Å². The molecular formula is C14H16N2O. The molecule has 1 heterocycles. The molecule has 0 atom stereocenters. The van der Waals surface area contributed by atoms with Gasteiger partial charge < -0.3 is 10.5 Å². The molecule has 0 aliphatic carbocycles. The molecule has 0 saturated heterocycles. The van der Waals surface area contributed by atoms with Crippen molar-refractivity contribution in [3.05, 3.63) is 59.9 Å². The highest BCUT2D eigenvalue weighted by atomic mass is 16.5. The predicted octanol–water partition coefficient (Wildman–Crippen LogP) is 2.16. The molecule has 1 aromatic carbocycles. The minimum atomic E-state index is 0.543. The molecule has 0 amide bonds. The van der Waals surface area contributed by atoms with Gasteiger partial charge in [0.2, 0.25) is 0 Å². The maximum atomic E-state index is 5.68. The van der Waals surface area contributed by atoms with Crippen LogP contribution >= 0.6 is 0 Å². The lowest BCUT2D eigenvalue weighted by Gasteiger charge is -2.07. The molecule has 0 aliphatic rings. The van der Waals surface area contributed by atoms with E-state index in [1.165, 1.54) is 5.56 Å². The molecule has 2 aromatic rings. The monoisotopic (exact) mass is 228 g/mol. The van der Waals surface area contributed by atoms with Crippen molar-refractivity contribution in [1.29, 1.82) is 0 Å². The van der Waals surface area contributed by atoms with Crippen molar-refractivity contribution >= 4 is 0 Å². The summed E-state index contributed by atoms with van der Waals surface area (Å²) in [6.07, 6.45) is 4.48. The van der Waals surface area contributed by atoms with Gasteiger partial charge in [-0.25, -0.2) is 0 Å². The number of hydrogen-bond donors (Lipinski definition) is 1. The average Bonchev–Trinajstić information content (AvgIpc) is 2.40. The average molecular weight is 228 g/mol. The first kappa shape index (κ1) is 11.6. The van der Waals surface area contributed by atoms with E-state index in [9.17, 15) is 0 Å². The standard InChI is InChI=1S/C14H16N2O/c15-11-13-2-1-3-14(10-13)17-9-6-12-4-7-16-8-5-12/h1-5,7-8,10H,6,9,11,15H2. The minimum Gasteiger partial charge on any atom is -0.493 e. The highest BCUT2D eigenvalue weighted by Gasteiger charge is 1.96. The van der Waals surface area contributed by atoms with E-state index in [-0.39, 0.29) is 0 Å². The van der Waals surface area contributed by atoms with Gasteiger partial charge in [-0.1, -0.05) is 12.1 Å². The third kappa shape index (κ3) is 3.57. The van der Waals surface area contributed by atoms with Gasteiger partial charge >= 0.3 is 0 Å². The van der Waals surface area contributed by atoms with Crippen LogP contribution in [0.25, 0.3) is 0 Å². The third-order valence-corrected chi connectivity index (χ3v) is 2.54. The number of hydrogen-bond acceptors (Lipinski definition) is 3. The van der Waals surface area contributed by atoms with Crippen LogP contribution < -0.4 is 10.5 Å². The molecule has 88 valence electrons. The maximum Gasteiger partial charge on any atom is 0.119 e. The summed E-state index contributed by atoms with van der Waals surface area (Å²) in [5, 5.41) is 0. The van der Waals surface area contributed by atoms with E-state index in [4.69, 9.17) is 10.5 Å². The van der Waals surface area contributed by atoms with Crippen LogP contribution in [0.5, 0.6) is 5.75 Å². The zero-order chi connectivity index (χ0) is 11.9. The van der Waals surface area contributed by atoms with E-state index in [1.807, 2.05) is 36.4 Å². The molecule has 2 N–H and O–H groups in total. The second kappa shape index (κ2) is 6.01. The van der Waals surface area contributed by atoms with Crippen LogP contribution in [0.1, 0.15) is 11.1 Å². The van der Waals surface area contributed by atoms with Crippen LogP contribution in [0, 0.1) is 0 Å². The van der Waals surface area contributed by atoms with Crippen molar-refractivity contribution in [2.45, 2.75) is 13.0 Å². The minimum absolute atomic E-state index is 0.543. The van der Waals surface area contributed by atoms with E-state index in [0.29, 0.717) is 13.2 Å². The number of benzene rings is 1. The van der Waals surface area contributed by atoms with Gasteiger partial charge in [-0.05, 0) is 35.4 Å². The number of aromatic nitrogens is 1. The summed E-state index contributed by atoms with van der Waals surface area (Å²) in [4.78, 5) is 3.98. The Morgan fingerprint density at radius 1 is 1.06 bits per heavy atom. The number of nitrogens with zero attached hydrogens (tertiary/aromatic N) is 1. The molecular weight excluding hydrogens is 212 g/mol. The van der Waals surface area contributed by atoms with Gasteiger partial charge in [0.15, 0.2) is 0 Å². The number of ether oxygens (including phenoxy) is 1. The van der Waals surface area contributed by atoms with Crippen molar-refractivity contribution < 1.29 is 4.74 Å². The maximum absolute atomic E-state index is 5.68. The van der Waals surface area contributed by atoms with Crippen molar-refractivity contribution in [3.63, 3.8) is 0 Å². The van der Waals surface area contributed by atoms with Crippen LogP contribution in [0.2, 0.25) is 0 Å². The van der Waals surface area contributed by atoms with Crippen LogP contribution in [-0.4, -0.2) is 11.6 Å². The Kier molecular flexibility index (Phi) is 4.11. The van der Waals surface area contributed by atoms with E-state index >= 15 is 0 Å². The van der Waals surface area contributed by atoms with Gasteiger partial charge in [-0.15, -0.1) is 0 Å². The molecule has 2 rings (SSSR count). The first-order chi connectivity index (χ1) is 8.38. The molecule has 0 radical (unpaired) electrons. The molecule has 0 aliphatic heterocycles. The highest BCUT2D eigenvalue weighted by Crippen LogP contribution is 2.13. The summed E-state index contributed by atoms with van der Waals surface area (Å²) in [6.45, 7) is 1.21. The van der Waals surface area contributed by atoms with Crippen LogP contribution in [0.3, 0.4) is 0 Å². The molecule has 0 unspecified atom stereocenters. The normalized spacial score (nSPS) is 10.2. The van der Waals surface area contributed by atoms with Gasteiger partial charge in [0.05, 0.1) is 6.61 Å². The molecule has 0 bridgehead atoms. The van der Waals surface area contributed by atoms with Crippen LogP contribution in [-0.2, 0) is 13.0 Å². The van der Waals surface area contributed by atoms with Gasteiger partial charge in [-0.3, -0.25) is 4.98 Å². The van der Waals surface area contributed by atoms with Crippen molar-refractivity contribution in [2.24, 2.45) is 5.73 Å². The molecule has 3 nitrogen and oxygen atoms in total. The van der Waals surface area contributed by atoms with Gasteiger partial charge in [0.25, 0.3) is 0 Å². The fraction of sp³-hybridized carbons (Fsp3) is 0.214. The molecule has 17 heavy (non-hydrogen) atoms. The van der Waals surface area contributed by atoms with Crippen molar-refractivity contribution in [3.8, 4) is 5.75 Å². The van der Waals surface area contributed by atoms with E-state index in [1.54, 1.807) is 12.4 Å². The Morgan fingerprint density at radius 3 is 2.65 bits per heavy atom. The highest BCUT2D eigenvalue weighted by molar-refractivity contribution is 5.28. The summed E-state index contributed by atoms with van der Waals surface area (Å²) in [6, 6.07) is 11.9. The summed E-state index contributed by atoms with van der Waals surface area (Å²) in [5.74, 6) is 0.877. The van der Waals surface area contributed by atoms with E-state index in [0.717, 1.165) is 17.7 Å². The molecule has 3 heteroatoms. The molecule has 1 aromatic heterocycles. The van der Waals surface area contributed by atoms with Crippen LogP contribution in [0.15, 0.2) is 48.8 Å². The fourth-order valence-electron chi connectivity index (χ4n) is 1.60. The zero-order valence-electron chi connectivity index (χ0n) is 9.67. The van der Waals surface area contributed by atoms with Gasteiger partial charge in [0, 0.05) is 25.4 Å². The van der Waals surface area contributed by atoms with Gasteiger partial charge in [-0.2, -0.15) is 0 Å². The summed E-state index contributed by atoms with van der Waals surface area (Å²) in [5.41, 5.74) is 7.90.